The lowest BCUT2D eigenvalue weighted by molar-refractivity contribution is -0.384. The predicted molar refractivity (Wildman–Crippen MR) is 183 cm³/mol. The van der Waals surface area contributed by atoms with Gasteiger partial charge < -0.3 is 10.2 Å². The van der Waals surface area contributed by atoms with Gasteiger partial charge in [0.1, 0.15) is 12.6 Å². The number of amides is 2. The van der Waals surface area contributed by atoms with E-state index in [0.29, 0.717) is 0 Å². The summed E-state index contributed by atoms with van der Waals surface area (Å²) < 4.78 is 29.9. The number of carbonyl (C=O) groups is 2. The van der Waals surface area contributed by atoms with Crippen molar-refractivity contribution in [2.24, 2.45) is 0 Å². The summed E-state index contributed by atoms with van der Waals surface area (Å²) >= 11 is 3.49. The molecule has 4 aromatic rings. The van der Waals surface area contributed by atoms with Crippen LogP contribution in [-0.2, 0) is 32.6 Å². The van der Waals surface area contributed by atoms with Gasteiger partial charge in [-0.15, -0.1) is 0 Å². The van der Waals surface area contributed by atoms with Crippen molar-refractivity contribution < 1.29 is 22.9 Å². The first-order chi connectivity index (χ1) is 22.6. The number of non-ortho nitro benzene ring substituents is 1. The Morgan fingerprint density at radius 2 is 1.49 bits per heavy atom. The fraction of sp³-hybridized carbons (Fsp3) is 0.257. The van der Waals surface area contributed by atoms with Gasteiger partial charge in [0.15, 0.2) is 0 Å². The van der Waals surface area contributed by atoms with Crippen LogP contribution < -0.4 is 9.62 Å². The molecule has 0 aromatic heterocycles. The van der Waals surface area contributed by atoms with Gasteiger partial charge in [0.2, 0.25) is 11.8 Å². The van der Waals surface area contributed by atoms with E-state index in [1.54, 1.807) is 18.2 Å². The van der Waals surface area contributed by atoms with Crippen molar-refractivity contribution in [1.29, 1.82) is 0 Å². The summed E-state index contributed by atoms with van der Waals surface area (Å²) in [6, 6.07) is 28.5. The van der Waals surface area contributed by atoms with E-state index in [-0.39, 0.29) is 41.2 Å². The van der Waals surface area contributed by atoms with Gasteiger partial charge in [-0.1, -0.05) is 89.4 Å². The van der Waals surface area contributed by atoms with Crippen LogP contribution in [0.25, 0.3) is 0 Å². The highest BCUT2D eigenvalue weighted by atomic mass is 79.9. The van der Waals surface area contributed by atoms with Gasteiger partial charge in [-0.3, -0.25) is 24.0 Å². The number of benzene rings is 4. The van der Waals surface area contributed by atoms with E-state index in [9.17, 15) is 28.1 Å². The number of nitrogens with zero attached hydrogens (tertiary/aromatic N) is 3. The third kappa shape index (κ3) is 8.63. The molecule has 0 radical (unpaired) electrons. The maximum absolute atomic E-state index is 14.6. The molecule has 1 fully saturated rings. The van der Waals surface area contributed by atoms with Crippen LogP contribution >= 0.6 is 15.9 Å². The Bertz CT molecular complexity index is 1800. The summed E-state index contributed by atoms with van der Waals surface area (Å²) in [5, 5.41) is 14.5. The van der Waals surface area contributed by atoms with Crippen molar-refractivity contribution >= 4 is 49.1 Å². The van der Waals surface area contributed by atoms with E-state index in [2.05, 4.69) is 21.2 Å². The molecule has 0 unspecified atom stereocenters. The fourth-order valence-electron chi connectivity index (χ4n) is 5.74. The zero-order valence-corrected chi connectivity index (χ0v) is 28.0. The number of nitro groups is 1. The summed E-state index contributed by atoms with van der Waals surface area (Å²) in [6.07, 6.45) is 3.94. The summed E-state index contributed by atoms with van der Waals surface area (Å²) in [4.78, 5) is 40.8. The molecule has 0 aliphatic heterocycles. The van der Waals surface area contributed by atoms with Crippen LogP contribution in [0.1, 0.15) is 36.8 Å². The summed E-state index contributed by atoms with van der Waals surface area (Å²) in [7, 11) is -4.31. The molecule has 1 N–H and O–H groups in total. The van der Waals surface area contributed by atoms with E-state index in [1.807, 2.05) is 54.6 Å². The third-order valence-corrected chi connectivity index (χ3v) is 10.5. The highest BCUT2D eigenvalue weighted by molar-refractivity contribution is 9.10. The molecule has 0 saturated heterocycles. The lowest BCUT2D eigenvalue weighted by Crippen LogP contribution is -2.54. The van der Waals surface area contributed by atoms with E-state index < -0.39 is 33.4 Å². The van der Waals surface area contributed by atoms with E-state index in [1.165, 1.54) is 41.3 Å². The predicted octanol–water partition coefficient (Wildman–Crippen LogP) is 6.25. The number of halogens is 1. The second-order valence-corrected chi connectivity index (χ2v) is 14.2. The number of carbonyl (C=O) groups excluding carboxylic acids is 2. The second kappa shape index (κ2) is 15.4. The molecule has 1 aliphatic carbocycles. The molecule has 0 bridgehead atoms. The number of rotatable bonds is 13. The Morgan fingerprint density at radius 1 is 0.872 bits per heavy atom. The number of anilines is 1. The standard InChI is InChI=1S/C35H35BrN4O6S/c36-28-13-9-12-27(22-28)24-38(33(23-26-10-3-1-4-11-26)35(42)37-29-14-7-8-15-29)34(41)25-39(30-18-20-31(21-19-30)40(43)44)47(45,46)32-16-5-2-6-17-32/h1-6,9-13,16-22,29,33H,7-8,14-15,23-25H2,(H,37,42)/t33-/m1/s1. The molecule has 10 nitrogen and oxygen atoms in total. The SMILES string of the molecule is O=C(NC1CCCC1)[C@@H](Cc1ccccc1)N(Cc1cccc(Br)c1)C(=O)CN(c1ccc([N+](=O)[O-])cc1)S(=O)(=O)c1ccccc1. The van der Waals surface area contributed by atoms with E-state index >= 15 is 0 Å². The number of hydrogen-bond acceptors (Lipinski definition) is 6. The number of nitro benzene ring substituents is 1. The van der Waals surface area contributed by atoms with Crippen molar-refractivity contribution in [3.63, 3.8) is 0 Å². The molecule has 1 atom stereocenters. The van der Waals surface area contributed by atoms with Gasteiger partial charge in [0.25, 0.3) is 15.7 Å². The van der Waals surface area contributed by atoms with Crippen molar-refractivity contribution in [3.05, 3.63) is 135 Å². The fourth-order valence-corrected chi connectivity index (χ4v) is 7.62. The molecule has 0 heterocycles. The van der Waals surface area contributed by atoms with Crippen LogP contribution in [0.2, 0.25) is 0 Å². The number of sulfonamides is 1. The van der Waals surface area contributed by atoms with Gasteiger partial charge in [-0.25, -0.2) is 8.42 Å². The lowest BCUT2D eigenvalue weighted by Gasteiger charge is -2.34. The van der Waals surface area contributed by atoms with Gasteiger partial charge in [0, 0.05) is 35.6 Å². The lowest BCUT2D eigenvalue weighted by atomic mass is 10.0. The van der Waals surface area contributed by atoms with Crippen molar-refractivity contribution in [3.8, 4) is 0 Å². The van der Waals surface area contributed by atoms with Crippen LogP contribution in [0.4, 0.5) is 11.4 Å². The molecule has 12 heteroatoms. The summed E-state index contributed by atoms with van der Waals surface area (Å²) in [6.45, 7) is -0.613. The smallest absolute Gasteiger partial charge is 0.269 e. The van der Waals surface area contributed by atoms with Crippen molar-refractivity contribution in [1.82, 2.24) is 10.2 Å². The van der Waals surface area contributed by atoms with Crippen LogP contribution in [0.3, 0.4) is 0 Å². The monoisotopic (exact) mass is 718 g/mol. The zero-order chi connectivity index (χ0) is 33.4. The van der Waals surface area contributed by atoms with Crippen LogP contribution in [0, 0.1) is 10.1 Å². The van der Waals surface area contributed by atoms with E-state index in [0.717, 1.165) is 45.6 Å². The van der Waals surface area contributed by atoms with Gasteiger partial charge in [0.05, 0.1) is 15.5 Å². The summed E-state index contributed by atoms with van der Waals surface area (Å²) in [5.74, 6) is -0.915. The molecule has 1 aliphatic rings. The average Bonchev–Trinajstić information content (AvgIpc) is 3.59. The molecular formula is C35H35BrN4O6S. The minimum atomic E-state index is -4.31. The van der Waals surface area contributed by atoms with Crippen LogP contribution in [-0.4, -0.2) is 48.7 Å². The Kier molecular flexibility index (Phi) is 11.0. The maximum atomic E-state index is 14.6. The van der Waals surface area contributed by atoms with Crippen LogP contribution in [0.5, 0.6) is 0 Å². The topological polar surface area (TPSA) is 130 Å². The van der Waals surface area contributed by atoms with Crippen molar-refractivity contribution in [2.45, 2.75) is 55.6 Å². The first kappa shape index (κ1) is 33.8. The van der Waals surface area contributed by atoms with Gasteiger partial charge in [-0.05, 0) is 60.4 Å². The maximum Gasteiger partial charge on any atom is 0.269 e. The molecule has 0 spiro atoms. The minimum Gasteiger partial charge on any atom is -0.352 e. The first-order valence-corrected chi connectivity index (χ1v) is 17.6. The number of nitrogens with one attached hydrogen (secondary N) is 1. The normalized spacial score (nSPS) is 13.9. The molecule has 2 amide bonds. The highest BCUT2D eigenvalue weighted by Crippen LogP contribution is 2.27. The molecule has 5 rings (SSSR count). The molecule has 244 valence electrons. The van der Waals surface area contributed by atoms with Gasteiger partial charge >= 0.3 is 0 Å². The largest absolute Gasteiger partial charge is 0.352 e. The molecular weight excluding hydrogens is 684 g/mol. The Balaban J connectivity index is 1.57. The van der Waals surface area contributed by atoms with Gasteiger partial charge in [-0.2, -0.15) is 0 Å². The first-order valence-electron chi connectivity index (χ1n) is 15.3. The van der Waals surface area contributed by atoms with Crippen LogP contribution in [0.15, 0.2) is 119 Å². The molecule has 47 heavy (non-hydrogen) atoms. The number of hydrogen-bond donors (Lipinski definition) is 1. The quantitative estimate of drug-likeness (QED) is 0.129. The molecule has 4 aromatic carbocycles. The Labute approximate surface area is 282 Å². The van der Waals surface area contributed by atoms with Crippen molar-refractivity contribution in [2.75, 3.05) is 10.8 Å². The minimum absolute atomic E-state index is 0.00124. The van der Waals surface area contributed by atoms with E-state index in [4.69, 9.17) is 0 Å². The third-order valence-electron chi connectivity index (χ3n) is 8.17. The summed E-state index contributed by atoms with van der Waals surface area (Å²) in [5.41, 5.74) is 1.44. The molecule has 1 saturated carbocycles. The second-order valence-electron chi connectivity index (χ2n) is 11.4. The zero-order valence-electron chi connectivity index (χ0n) is 25.6. The average molecular weight is 720 g/mol. The Morgan fingerprint density at radius 3 is 2.11 bits per heavy atom. The highest BCUT2D eigenvalue weighted by Gasteiger charge is 2.35. The Hall–Kier alpha value is -4.55.